The molecule has 34 heavy (non-hydrogen) atoms. The molecule has 1 saturated carbocycles. The second-order valence-electron chi connectivity index (χ2n) is 9.65. The van der Waals surface area contributed by atoms with Gasteiger partial charge >= 0.3 is 0 Å². The number of likely N-dealkylation sites (tertiary alicyclic amines) is 1. The number of benzene rings is 1. The molecule has 4 atom stereocenters. The van der Waals surface area contributed by atoms with E-state index in [0.717, 1.165) is 27.8 Å². The molecule has 0 bridgehead atoms. The Balaban J connectivity index is 1.23. The zero-order valence-corrected chi connectivity index (χ0v) is 19.7. The van der Waals surface area contributed by atoms with Crippen LogP contribution in [-0.2, 0) is 4.74 Å². The average Bonchev–Trinajstić information content (AvgIpc) is 3.47. The fraction of sp³-hybridized carbons (Fsp3) is 0.542. The summed E-state index contributed by atoms with van der Waals surface area (Å²) in [6, 6.07) is 4.08. The summed E-state index contributed by atoms with van der Waals surface area (Å²) in [7, 11) is 0. The predicted octanol–water partition coefficient (Wildman–Crippen LogP) is 3.75. The van der Waals surface area contributed by atoms with Crippen LogP contribution >= 0.6 is 11.6 Å². The van der Waals surface area contributed by atoms with Crippen LogP contribution in [0.4, 0.5) is 16.0 Å². The maximum Gasteiger partial charge on any atom is 0.227 e. The van der Waals surface area contributed by atoms with E-state index in [1.54, 1.807) is 6.20 Å². The van der Waals surface area contributed by atoms with E-state index in [0.29, 0.717) is 43.2 Å². The van der Waals surface area contributed by atoms with Crippen molar-refractivity contribution in [1.29, 1.82) is 0 Å². The van der Waals surface area contributed by atoms with Crippen LogP contribution in [0.15, 0.2) is 24.5 Å². The number of aromatic nitrogens is 4. The molecule has 0 radical (unpaired) electrons. The summed E-state index contributed by atoms with van der Waals surface area (Å²) >= 11 is 6.59. The van der Waals surface area contributed by atoms with Crippen molar-refractivity contribution in [1.82, 2.24) is 24.6 Å². The van der Waals surface area contributed by atoms with Gasteiger partial charge in [0.25, 0.3) is 0 Å². The van der Waals surface area contributed by atoms with Crippen molar-refractivity contribution in [3.05, 3.63) is 40.8 Å². The van der Waals surface area contributed by atoms with Crippen molar-refractivity contribution in [2.24, 2.45) is 0 Å². The van der Waals surface area contributed by atoms with Gasteiger partial charge in [-0.15, -0.1) is 0 Å². The van der Waals surface area contributed by atoms with E-state index < -0.39 is 12.3 Å². The lowest BCUT2D eigenvalue weighted by Gasteiger charge is -2.39. The van der Waals surface area contributed by atoms with Crippen LogP contribution in [0, 0.1) is 6.92 Å². The fourth-order valence-corrected chi connectivity index (χ4v) is 5.54. The number of halogens is 2. The van der Waals surface area contributed by atoms with Crippen molar-refractivity contribution in [3.63, 3.8) is 0 Å². The number of alkyl halides is 1. The van der Waals surface area contributed by atoms with Gasteiger partial charge in [0.05, 0.1) is 54.5 Å². The number of nitrogens with one attached hydrogen (secondary N) is 1. The predicted molar refractivity (Wildman–Crippen MR) is 128 cm³/mol. The molecule has 2 saturated heterocycles. The van der Waals surface area contributed by atoms with Gasteiger partial charge in [-0.2, -0.15) is 5.10 Å². The lowest BCUT2D eigenvalue weighted by molar-refractivity contribution is 0.0353. The highest BCUT2D eigenvalue weighted by molar-refractivity contribution is 6.32. The highest BCUT2D eigenvalue weighted by atomic mass is 35.5. The number of hydrogen-bond donors (Lipinski definition) is 2. The van der Waals surface area contributed by atoms with Crippen molar-refractivity contribution < 1.29 is 14.2 Å². The monoisotopic (exact) mass is 486 g/mol. The van der Waals surface area contributed by atoms with Crippen molar-refractivity contribution >= 4 is 34.1 Å². The molecule has 6 rings (SSSR count). The number of rotatable bonds is 5. The molecule has 0 spiro atoms. The van der Waals surface area contributed by atoms with Crippen LogP contribution in [0.2, 0.25) is 5.02 Å². The van der Waals surface area contributed by atoms with Gasteiger partial charge < -0.3 is 15.2 Å². The molecule has 3 fully saturated rings. The molecule has 2 N–H and O–H groups in total. The molecule has 2 aliphatic heterocycles. The van der Waals surface area contributed by atoms with Gasteiger partial charge in [-0.1, -0.05) is 11.6 Å². The molecule has 1 aliphatic carbocycles. The van der Waals surface area contributed by atoms with Crippen LogP contribution < -0.4 is 5.32 Å². The van der Waals surface area contributed by atoms with Crippen molar-refractivity contribution in [3.8, 4) is 0 Å². The first kappa shape index (κ1) is 22.2. The topological polar surface area (TPSA) is 88.3 Å². The number of fused-ring (bicyclic) bond motifs is 1. The molecule has 180 valence electrons. The average molecular weight is 487 g/mol. The minimum absolute atomic E-state index is 0.139. The molecule has 3 aromatic rings. The maximum absolute atomic E-state index is 15.4. The Kier molecular flexibility index (Phi) is 5.68. The van der Waals surface area contributed by atoms with E-state index in [-0.39, 0.29) is 18.5 Å². The molecule has 0 unspecified atom stereocenters. The second-order valence-corrected chi connectivity index (χ2v) is 10.1. The van der Waals surface area contributed by atoms with E-state index >= 15 is 4.39 Å². The highest BCUT2D eigenvalue weighted by Gasteiger charge is 2.39. The Morgan fingerprint density at radius 3 is 2.79 bits per heavy atom. The summed E-state index contributed by atoms with van der Waals surface area (Å²) in [6.45, 7) is 3.74. The maximum atomic E-state index is 15.4. The lowest BCUT2D eigenvalue weighted by atomic mass is 9.86. The van der Waals surface area contributed by atoms with Crippen molar-refractivity contribution in [2.45, 2.75) is 56.5 Å². The number of anilines is 2. The smallest absolute Gasteiger partial charge is 0.227 e. The number of piperidine rings is 1. The van der Waals surface area contributed by atoms with E-state index in [1.807, 2.05) is 34.8 Å². The highest BCUT2D eigenvalue weighted by Crippen LogP contribution is 2.39. The van der Waals surface area contributed by atoms with Gasteiger partial charge in [-0.3, -0.25) is 9.58 Å². The number of hydrogen-bond acceptors (Lipinski definition) is 7. The largest absolute Gasteiger partial charge is 0.389 e. The van der Waals surface area contributed by atoms with Crippen LogP contribution in [0.25, 0.3) is 10.9 Å². The fourth-order valence-electron chi connectivity index (χ4n) is 5.23. The summed E-state index contributed by atoms with van der Waals surface area (Å²) < 4.78 is 22.8. The van der Waals surface area contributed by atoms with Gasteiger partial charge in [0.15, 0.2) is 0 Å². The van der Waals surface area contributed by atoms with Gasteiger partial charge in [-0.05, 0) is 50.4 Å². The Hall–Kier alpha value is -2.33. The van der Waals surface area contributed by atoms with E-state index in [2.05, 4.69) is 15.4 Å². The molecule has 2 aromatic heterocycles. The van der Waals surface area contributed by atoms with Crippen LogP contribution in [0.1, 0.15) is 42.5 Å². The molecule has 1 aromatic carbocycles. The first-order valence-corrected chi connectivity index (χ1v) is 12.3. The van der Waals surface area contributed by atoms with Crippen LogP contribution in [0.5, 0.6) is 0 Å². The molecular weight excluding hydrogens is 459 g/mol. The first-order valence-electron chi connectivity index (χ1n) is 11.9. The summed E-state index contributed by atoms with van der Waals surface area (Å²) in [5, 5.41) is 19.2. The number of nitrogens with zero attached hydrogens (tertiary/aromatic N) is 5. The van der Waals surface area contributed by atoms with E-state index in [4.69, 9.17) is 21.3 Å². The summed E-state index contributed by atoms with van der Waals surface area (Å²) in [5.41, 5.74) is 3.44. The SMILES string of the molecule is Cc1c(Nc2ncc3cc(Cl)c([C@@H]4CCN([C@@H]5COC[C@@H]5O)C[C@H]4F)cc3n2)cnn1C1CC1. The lowest BCUT2D eigenvalue weighted by Crippen LogP contribution is -2.50. The third-order valence-electron chi connectivity index (χ3n) is 7.34. The minimum atomic E-state index is -1.09. The molecule has 10 heteroatoms. The standard InChI is InChI=1S/C24H28ClFN6O2/c1-13-21(9-28-32(13)15-2-3-15)30-24-27-8-14-6-18(25)17(7-20(14)29-24)16-4-5-31(10-19(16)26)22-11-34-12-23(22)33/h6-9,15-16,19,22-23,33H,2-5,10-12H2,1H3,(H,27,29,30)/t16-,19+,22+,23-/m0/s1. The molecular formula is C24H28ClFN6O2. The number of aliphatic hydroxyl groups excluding tert-OH is 1. The summed E-state index contributed by atoms with van der Waals surface area (Å²) in [5.74, 6) is 0.152. The zero-order chi connectivity index (χ0) is 23.4. The third-order valence-corrected chi connectivity index (χ3v) is 7.67. The van der Waals surface area contributed by atoms with Gasteiger partial charge in [0.2, 0.25) is 5.95 Å². The minimum Gasteiger partial charge on any atom is -0.389 e. The Labute approximate surface area is 202 Å². The summed E-state index contributed by atoms with van der Waals surface area (Å²) in [6.07, 6.45) is 4.84. The quantitative estimate of drug-likeness (QED) is 0.567. The van der Waals surface area contributed by atoms with Gasteiger partial charge in [-0.25, -0.2) is 14.4 Å². The summed E-state index contributed by atoms with van der Waals surface area (Å²) in [4.78, 5) is 11.1. The van der Waals surface area contributed by atoms with Gasteiger partial charge in [0.1, 0.15) is 6.17 Å². The second kappa shape index (κ2) is 8.71. The molecule has 8 nitrogen and oxygen atoms in total. The van der Waals surface area contributed by atoms with Crippen LogP contribution in [-0.4, -0.2) is 74.4 Å². The number of ether oxygens (including phenoxy) is 1. The number of aliphatic hydroxyl groups is 1. The van der Waals surface area contributed by atoms with Gasteiger partial charge in [0, 0.05) is 29.1 Å². The molecule has 4 heterocycles. The van der Waals surface area contributed by atoms with Crippen LogP contribution in [0.3, 0.4) is 0 Å². The first-order chi connectivity index (χ1) is 16.5. The Morgan fingerprint density at radius 2 is 2.06 bits per heavy atom. The van der Waals surface area contributed by atoms with Crippen molar-refractivity contribution in [2.75, 3.05) is 31.6 Å². The normalized spacial score (nSPS) is 28.0. The Bertz CT molecular complexity index is 1220. The van der Waals surface area contributed by atoms with E-state index in [9.17, 15) is 5.11 Å². The zero-order valence-electron chi connectivity index (χ0n) is 19.0. The Morgan fingerprint density at radius 1 is 1.21 bits per heavy atom. The molecule has 3 aliphatic rings. The molecule has 0 amide bonds. The third kappa shape index (κ3) is 4.04. The van der Waals surface area contributed by atoms with E-state index in [1.165, 1.54) is 12.8 Å².